The predicted molar refractivity (Wildman–Crippen MR) is 115 cm³/mol. The van der Waals surface area contributed by atoms with Crippen LogP contribution in [0.3, 0.4) is 0 Å². The van der Waals surface area contributed by atoms with Gasteiger partial charge in [-0.25, -0.2) is 8.78 Å². The van der Waals surface area contributed by atoms with Gasteiger partial charge in [0.2, 0.25) is 0 Å². The van der Waals surface area contributed by atoms with Crippen molar-refractivity contribution in [2.75, 3.05) is 0 Å². The van der Waals surface area contributed by atoms with Crippen molar-refractivity contribution >= 4 is 16.2 Å². The summed E-state index contributed by atoms with van der Waals surface area (Å²) < 4.78 is 62.3. The lowest BCUT2D eigenvalue weighted by Crippen LogP contribution is -1.98. The first kappa shape index (κ1) is 20.7. The van der Waals surface area contributed by atoms with Gasteiger partial charge in [0.25, 0.3) is 10.0 Å². The van der Waals surface area contributed by atoms with E-state index in [0.717, 1.165) is 11.8 Å². The van der Waals surface area contributed by atoms with E-state index in [2.05, 4.69) is 4.40 Å². The summed E-state index contributed by atoms with van der Waals surface area (Å²) in [4.78, 5) is 0.0514. The molecule has 31 heavy (non-hydrogen) atoms. The SMILES string of the molecule is Cc1ccc(S(=O)(=O)/N=C/c2cc(-c3cccc(F)c3)oc2-c2cccc(F)c2)cc1. The second-order valence-electron chi connectivity index (χ2n) is 6.94. The van der Waals surface area contributed by atoms with Gasteiger partial charge in [-0.2, -0.15) is 12.8 Å². The Balaban J connectivity index is 1.80. The first-order chi connectivity index (χ1) is 14.8. The minimum absolute atomic E-state index is 0.0514. The zero-order valence-electron chi connectivity index (χ0n) is 16.4. The van der Waals surface area contributed by atoms with Gasteiger partial charge in [-0.05, 0) is 49.4 Å². The van der Waals surface area contributed by atoms with E-state index in [1.807, 2.05) is 6.92 Å². The summed E-state index contributed by atoms with van der Waals surface area (Å²) in [6.07, 6.45) is 1.15. The molecule has 0 atom stereocenters. The van der Waals surface area contributed by atoms with Crippen molar-refractivity contribution in [2.45, 2.75) is 11.8 Å². The Labute approximate surface area is 178 Å². The molecule has 0 amide bonds. The average Bonchev–Trinajstić information content (AvgIpc) is 3.17. The molecule has 0 aliphatic carbocycles. The minimum atomic E-state index is -3.95. The van der Waals surface area contributed by atoms with Crippen LogP contribution in [-0.2, 0) is 10.0 Å². The number of aryl methyl sites for hydroxylation is 1. The maximum Gasteiger partial charge on any atom is 0.282 e. The molecule has 3 aromatic carbocycles. The number of hydrogen-bond donors (Lipinski definition) is 0. The molecule has 0 bridgehead atoms. The highest BCUT2D eigenvalue weighted by atomic mass is 32.2. The molecule has 4 rings (SSSR count). The highest BCUT2D eigenvalue weighted by Crippen LogP contribution is 2.32. The summed E-state index contributed by atoms with van der Waals surface area (Å²) in [5, 5.41) is 0. The van der Waals surface area contributed by atoms with Crippen LogP contribution in [0.4, 0.5) is 8.78 Å². The third kappa shape index (κ3) is 4.62. The van der Waals surface area contributed by atoms with Gasteiger partial charge in [-0.15, -0.1) is 0 Å². The molecule has 0 spiro atoms. The van der Waals surface area contributed by atoms with Crippen LogP contribution in [0.2, 0.25) is 0 Å². The van der Waals surface area contributed by atoms with Crippen molar-refractivity contribution in [3.05, 3.63) is 102 Å². The Hall–Kier alpha value is -3.58. The zero-order chi connectivity index (χ0) is 22.0. The lowest BCUT2D eigenvalue weighted by Gasteiger charge is -2.01. The van der Waals surface area contributed by atoms with Crippen molar-refractivity contribution in [1.29, 1.82) is 0 Å². The lowest BCUT2D eigenvalue weighted by molar-refractivity contribution is 0.591. The predicted octanol–water partition coefficient (Wildman–Crippen LogP) is 6.01. The molecule has 0 radical (unpaired) electrons. The topological polar surface area (TPSA) is 59.6 Å². The Morgan fingerprint density at radius 2 is 1.45 bits per heavy atom. The summed E-state index contributed by atoms with van der Waals surface area (Å²) in [5.41, 5.74) is 2.10. The molecule has 0 saturated carbocycles. The Bertz CT molecular complexity index is 1370. The first-order valence-electron chi connectivity index (χ1n) is 9.34. The van der Waals surface area contributed by atoms with Crippen LogP contribution < -0.4 is 0 Å². The average molecular weight is 437 g/mol. The maximum atomic E-state index is 13.8. The van der Waals surface area contributed by atoms with Gasteiger partial charge in [0.05, 0.1) is 11.1 Å². The monoisotopic (exact) mass is 437 g/mol. The number of benzene rings is 3. The number of sulfonamides is 1. The maximum absolute atomic E-state index is 13.8. The molecule has 4 aromatic rings. The molecule has 0 fully saturated rings. The van der Waals surface area contributed by atoms with E-state index in [4.69, 9.17) is 4.42 Å². The molecule has 0 aliphatic heterocycles. The molecule has 0 unspecified atom stereocenters. The van der Waals surface area contributed by atoms with Gasteiger partial charge in [0.1, 0.15) is 23.2 Å². The third-order valence-electron chi connectivity index (χ3n) is 4.61. The Morgan fingerprint density at radius 1 is 0.839 bits per heavy atom. The van der Waals surface area contributed by atoms with E-state index >= 15 is 0 Å². The minimum Gasteiger partial charge on any atom is -0.455 e. The van der Waals surface area contributed by atoms with Crippen molar-refractivity contribution in [2.24, 2.45) is 4.40 Å². The second-order valence-corrected chi connectivity index (χ2v) is 8.57. The number of furan rings is 1. The molecular formula is C24H17F2NO3S. The number of hydrogen-bond acceptors (Lipinski definition) is 3. The molecule has 156 valence electrons. The smallest absolute Gasteiger partial charge is 0.282 e. The summed E-state index contributed by atoms with van der Waals surface area (Å²) in [6.45, 7) is 1.85. The fraction of sp³-hybridized carbons (Fsp3) is 0.0417. The summed E-state index contributed by atoms with van der Waals surface area (Å²) >= 11 is 0. The van der Waals surface area contributed by atoms with E-state index < -0.39 is 21.7 Å². The van der Waals surface area contributed by atoms with E-state index in [-0.39, 0.29) is 10.7 Å². The quantitative estimate of drug-likeness (QED) is 0.359. The van der Waals surface area contributed by atoms with Crippen LogP contribution >= 0.6 is 0 Å². The molecule has 0 N–H and O–H groups in total. The number of nitrogens with zero attached hydrogens (tertiary/aromatic N) is 1. The van der Waals surface area contributed by atoms with Gasteiger partial charge in [-0.3, -0.25) is 0 Å². The Morgan fingerprint density at radius 3 is 2.10 bits per heavy atom. The molecule has 0 aliphatic rings. The molecule has 0 saturated heterocycles. The standard InChI is InChI=1S/C24H17F2NO3S/c1-16-8-10-22(11-9-16)31(28,29)27-15-19-14-23(17-4-2-6-20(25)12-17)30-24(19)18-5-3-7-21(26)13-18/h2-15H,1H3/b27-15+. The first-order valence-corrected chi connectivity index (χ1v) is 10.8. The van der Waals surface area contributed by atoms with E-state index in [1.54, 1.807) is 30.3 Å². The van der Waals surface area contributed by atoms with Crippen molar-refractivity contribution in [3.63, 3.8) is 0 Å². The number of halogens is 2. The van der Waals surface area contributed by atoms with Crippen LogP contribution in [0.15, 0.2) is 92.6 Å². The second kappa shape index (κ2) is 8.28. The molecule has 1 aromatic heterocycles. The van der Waals surface area contributed by atoms with Gasteiger partial charge in [0, 0.05) is 16.7 Å². The van der Waals surface area contributed by atoms with Gasteiger partial charge in [-0.1, -0.05) is 42.0 Å². The van der Waals surface area contributed by atoms with E-state index in [0.29, 0.717) is 22.5 Å². The van der Waals surface area contributed by atoms with Crippen molar-refractivity contribution in [3.8, 4) is 22.6 Å². The van der Waals surface area contributed by atoms with E-state index in [9.17, 15) is 17.2 Å². The fourth-order valence-electron chi connectivity index (χ4n) is 3.04. The summed E-state index contributed by atoms with van der Waals surface area (Å²) in [6, 6.07) is 19.3. The van der Waals surface area contributed by atoms with Gasteiger partial charge < -0.3 is 4.42 Å². The molecule has 7 heteroatoms. The normalized spacial score (nSPS) is 11.8. The van der Waals surface area contributed by atoms with Crippen LogP contribution in [0, 0.1) is 18.6 Å². The van der Waals surface area contributed by atoms with E-state index in [1.165, 1.54) is 48.5 Å². The van der Waals surface area contributed by atoms with Crippen molar-refractivity contribution in [1.82, 2.24) is 0 Å². The van der Waals surface area contributed by atoms with Gasteiger partial charge >= 0.3 is 0 Å². The lowest BCUT2D eigenvalue weighted by atomic mass is 10.1. The molecular weight excluding hydrogens is 420 g/mol. The largest absolute Gasteiger partial charge is 0.455 e. The molecule has 4 nitrogen and oxygen atoms in total. The van der Waals surface area contributed by atoms with Crippen molar-refractivity contribution < 1.29 is 21.6 Å². The highest BCUT2D eigenvalue weighted by Gasteiger charge is 2.17. The fourth-order valence-corrected chi connectivity index (χ4v) is 3.89. The van der Waals surface area contributed by atoms with Crippen LogP contribution in [0.5, 0.6) is 0 Å². The van der Waals surface area contributed by atoms with Crippen LogP contribution in [0.1, 0.15) is 11.1 Å². The third-order valence-corrected chi connectivity index (χ3v) is 5.86. The van der Waals surface area contributed by atoms with Gasteiger partial charge in [0.15, 0.2) is 0 Å². The molecule has 1 heterocycles. The summed E-state index contributed by atoms with van der Waals surface area (Å²) in [7, 11) is -3.95. The van der Waals surface area contributed by atoms with Crippen LogP contribution in [-0.4, -0.2) is 14.6 Å². The summed E-state index contributed by atoms with van der Waals surface area (Å²) in [5.74, 6) is -0.399. The zero-order valence-corrected chi connectivity index (χ0v) is 17.2. The van der Waals surface area contributed by atoms with Crippen LogP contribution in [0.25, 0.3) is 22.6 Å². The Kier molecular flexibility index (Phi) is 5.52. The number of rotatable bonds is 5. The highest BCUT2D eigenvalue weighted by molar-refractivity contribution is 7.90.